The number of anilines is 1. The number of nitrogens with zero attached hydrogens (tertiary/aromatic N) is 2. The van der Waals surface area contributed by atoms with Crippen LogP contribution in [0.3, 0.4) is 0 Å². The second-order valence-electron chi connectivity index (χ2n) is 11.2. The van der Waals surface area contributed by atoms with Gasteiger partial charge < -0.3 is 10.2 Å². The summed E-state index contributed by atoms with van der Waals surface area (Å²) in [6, 6.07) is 25.1. The van der Waals surface area contributed by atoms with Crippen LogP contribution in [0.25, 0.3) is 0 Å². The van der Waals surface area contributed by atoms with E-state index in [2.05, 4.69) is 5.32 Å². The number of unbranched alkanes of at least 4 members (excludes halogenated alkanes) is 1. The molecule has 4 aromatic carbocycles. The summed E-state index contributed by atoms with van der Waals surface area (Å²) in [4.78, 5) is 29.5. The van der Waals surface area contributed by atoms with Crippen LogP contribution in [0, 0.1) is 19.7 Å². The van der Waals surface area contributed by atoms with Crippen LogP contribution < -0.4 is 9.62 Å². The van der Waals surface area contributed by atoms with Gasteiger partial charge in [0.15, 0.2) is 0 Å². The molecule has 1 N–H and O–H groups in total. The largest absolute Gasteiger partial charge is 0.354 e. The van der Waals surface area contributed by atoms with Gasteiger partial charge in [0, 0.05) is 30.1 Å². The minimum atomic E-state index is -4.28. The van der Waals surface area contributed by atoms with Crippen molar-refractivity contribution >= 4 is 39.1 Å². The highest BCUT2D eigenvalue weighted by Gasteiger charge is 2.35. The smallest absolute Gasteiger partial charge is 0.264 e. The molecular formula is C36H39ClFN3O4S. The number of rotatable bonds is 14. The van der Waals surface area contributed by atoms with Crippen molar-refractivity contribution in [2.24, 2.45) is 0 Å². The number of hydrogen-bond donors (Lipinski definition) is 1. The molecule has 10 heteroatoms. The summed E-state index contributed by atoms with van der Waals surface area (Å²) < 4.78 is 44.4. The lowest BCUT2D eigenvalue weighted by Crippen LogP contribution is -2.53. The van der Waals surface area contributed by atoms with Crippen LogP contribution in [0.5, 0.6) is 0 Å². The normalized spacial score (nSPS) is 11.9. The molecule has 7 nitrogen and oxygen atoms in total. The van der Waals surface area contributed by atoms with Gasteiger partial charge in [-0.1, -0.05) is 79.5 Å². The number of amides is 2. The van der Waals surface area contributed by atoms with Crippen molar-refractivity contribution in [2.45, 2.75) is 57.5 Å². The Morgan fingerprint density at radius 1 is 0.891 bits per heavy atom. The number of carbonyl (C=O) groups is 2. The number of carbonyl (C=O) groups excluding carboxylic acids is 2. The molecule has 0 unspecified atom stereocenters. The summed E-state index contributed by atoms with van der Waals surface area (Å²) in [6.45, 7) is 5.30. The standard InChI is InChI=1S/C36H39ClFN3O4S/c1-4-5-21-39-36(43)34(23-28-11-7-6-8-12-28)40(24-29-13-9-10-14-33(29)38)35(42)25-41(31-18-15-26(2)27(3)22-31)46(44,45)32-19-16-30(37)17-20-32/h6-20,22,34H,4-5,21,23-25H2,1-3H3,(H,39,43)/t34-/m0/s1. The van der Waals surface area contributed by atoms with Gasteiger partial charge in [-0.25, -0.2) is 12.8 Å². The fourth-order valence-corrected chi connectivity index (χ4v) is 6.55. The van der Waals surface area contributed by atoms with E-state index in [9.17, 15) is 18.0 Å². The fourth-order valence-electron chi connectivity index (χ4n) is 5.01. The molecular weight excluding hydrogens is 625 g/mol. The molecule has 0 bridgehead atoms. The van der Waals surface area contributed by atoms with Gasteiger partial charge >= 0.3 is 0 Å². The Morgan fingerprint density at radius 3 is 2.22 bits per heavy atom. The third-order valence-electron chi connectivity index (χ3n) is 7.86. The number of aryl methyl sites for hydroxylation is 2. The first kappa shape index (κ1) is 34.7. The van der Waals surface area contributed by atoms with Crippen molar-refractivity contribution in [3.63, 3.8) is 0 Å². The van der Waals surface area contributed by atoms with Crippen LogP contribution in [0.1, 0.15) is 42.0 Å². The lowest BCUT2D eigenvalue weighted by Gasteiger charge is -2.34. The number of halogens is 2. The molecule has 4 aromatic rings. The molecule has 0 aliphatic heterocycles. The average Bonchev–Trinajstić information content (AvgIpc) is 3.04. The molecule has 46 heavy (non-hydrogen) atoms. The Hall–Kier alpha value is -4.21. The van der Waals surface area contributed by atoms with Crippen molar-refractivity contribution in [2.75, 3.05) is 17.4 Å². The maximum absolute atomic E-state index is 15.1. The highest BCUT2D eigenvalue weighted by atomic mass is 35.5. The van der Waals surface area contributed by atoms with E-state index in [1.807, 2.05) is 51.1 Å². The van der Waals surface area contributed by atoms with E-state index in [1.165, 1.54) is 35.2 Å². The maximum Gasteiger partial charge on any atom is 0.264 e. The summed E-state index contributed by atoms with van der Waals surface area (Å²) in [5.41, 5.74) is 3.07. The molecule has 0 aliphatic carbocycles. The van der Waals surface area contributed by atoms with E-state index in [4.69, 9.17) is 11.6 Å². The predicted octanol–water partition coefficient (Wildman–Crippen LogP) is 6.85. The van der Waals surface area contributed by atoms with Crippen molar-refractivity contribution in [1.29, 1.82) is 0 Å². The summed E-state index contributed by atoms with van der Waals surface area (Å²) in [6.07, 6.45) is 1.74. The van der Waals surface area contributed by atoms with Crippen LogP contribution in [0.15, 0.2) is 102 Å². The van der Waals surface area contributed by atoms with E-state index < -0.39 is 40.2 Å². The van der Waals surface area contributed by atoms with Gasteiger partial charge in [-0.15, -0.1) is 0 Å². The SMILES string of the molecule is CCCCNC(=O)[C@H](Cc1ccccc1)N(Cc1ccccc1F)C(=O)CN(c1ccc(C)c(C)c1)S(=O)(=O)c1ccc(Cl)cc1. The van der Waals surface area contributed by atoms with E-state index in [1.54, 1.807) is 36.4 Å². The molecule has 4 rings (SSSR count). The molecule has 0 fully saturated rings. The molecule has 0 heterocycles. The Bertz CT molecular complexity index is 1750. The molecule has 0 aliphatic rings. The molecule has 0 saturated heterocycles. The van der Waals surface area contributed by atoms with Crippen LogP contribution >= 0.6 is 11.6 Å². The van der Waals surface area contributed by atoms with Crippen LogP contribution in [0.4, 0.5) is 10.1 Å². The van der Waals surface area contributed by atoms with Crippen molar-refractivity contribution < 1.29 is 22.4 Å². The van der Waals surface area contributed by atoms with Crippen molar-refractivity contribution in [1.82, 2.24) is 10.2 Å². The van der Waals surface area contributed by atoms with E-state index >= 15 is 4.39 Å². The molecule has 0 spiro atoms. The Morgan fingerprint density at radius 2 is 1.57 bits per heavy atom. The van der Waals surface area contributed by atoms with Crippen molar-refractivity contribution in [3.05, 3.63) is 130 Å². The summed E-state index contributed by atoms with van der Waals surface area (Å²) in [5.74, 6) is -1.60. The van der Waals surface area contributed by atoms with Crippen molar-refractivity contribution in [3.8, 4) is 0 Å². The monoisotopic (exact) mass is 663 g/mol. The van der Waals surface area contributed by atoms with Gasteiger partial charge in [0.05, 0.1) is 10.6 Å². The minimum absolute atomic E-state index is 0.0540. The van der Waals surface area contributed by atoms with Gasteiger partial charge in [0.25, 0.3) is 10.0 Å². The molecule has 242 valence electrons. The summed E-state index contributed by atoms with van der Waals surface area (Å²) in [5, 5.41) is 3.29. The highest BCUT2D eigenvalue weighted by molar-refractivity contribution is 7.92. The first-order valence-electron chi connectivity index (χ1n) is 15.2. The first-order valence-corrected chi connectivity index (χ1v) is 17.0. The lowest BCUT2D eigenvalue weighted by molar-refractivity contribution is -0.140. The highest BCUT2D eigenvalue weighted by Crippen LogP contribution is 2.28. The summed E-state index contributed by atoms with van der Waals surface area (Å²) in [7, 11) is -4.28. The topological polar surface area (TPSA) is 86.8 Å². The third kappa shape index (κ3) is 8.73. The molecule has 0 radical (unpaired) electrons. The Balaban J connectivity index is 1.81. The maximum atomic E-state index is 15.1. The number of benzene rings is 4. The first-order chi connectivity index (χ1) is 22.0. The van der Waals surface area contributed by atoms with Gasteiger partial charge in [-0.05, 0) is 79.4 Å². The van der Waals surface area contributed by atoms with Gasteiger partial charge in [0.1, 0.15) is 18.4 Å². The fraction of sp³-hybridized carbons (Fsp3) is 0.278. The Labute approximate surface area is 276 Å². The second-order valence-corrected chi connectivity index (χ2v) is 13.5. The van der Waals surface area contributed by atoms with Gasteiger partial charge in [0.2, 0.25) is 11.8 Å². The van der Waals surface area contributed by atoms with E-state index in [-0.39, 0.29) is 29.1 Å². The zero-order chi connectivity index (χ0) is 33.3. The van der Waals surface area contributed by atoms with E-state index in [0.29, 0.717) is 11.6 Å². The number of hydrogen-bond acceptors (Lipinski definition) is 4. The Kier molecular flexibility index (Phi) is 12.0. The predicted molar refractivity (Wildman–Crippen MR) is 181 cm³/mol. The summed E-state index contributed by atoms with van der Waals surface area (Å²) >= 11 is 6.05. The van der Waals surface area contributed by atoms with Gasteiger partial charge in [-0.3, -0.25) is 13.9 Å². The zero-order valence-electron chi connectivity index (χ0n) is 26.2. The molecule has 2 amide bonds. The minimum Gasteiger partial charge on any atom is -0.354 e. The average molecular weight is 664 g/mol. The van der Waals surface area contributed by atoms with Crippen LogP contribution in [-0.4, -0.2) is 44.3 Å². The van der Waals surface area contributed by atoms with Crippen LogP contribution in [-0.2, 0) is 32.6 Å². The van der Waals surface area contributed by atoms with Crippen LogP contribution in [0.2, 0.25) is 5.02 Å². The van der Waals surface area contributed by atoms with E-state index in [0.717, 1.165) is 33.8 Å². The quantitative estimate of drug-likeness (QED) is 0.150. The second kappa shape index (κ2) is 15.9. The molecule has 1 atom stereocenters. The molecule has 0 aromatic heterocycles. The lowest BCUT2D eigenvalue weighted by atomic mass is 10.0. The number of sulfonamides is 1. The number of nitrogens with one attached hydrogen (secondary N) is 1. The van der Waals surface area contributed by atoms with Gasteiger partial charge in [-0.2, -0.15) is 0 Å². The third-order valence-corrected chi connectivity index (χ3v) is 9.90. The zero-order valence-corrected chi connectivity index (χ0v) is 27.8. The molecule has 0 saturated carbocycles.